The van der Waals surface area contributed by atoms with Gasteiger partial charge in [-0.05, 0) is 32.9 Å². The lowest BCUT2D eigenvalue weighted by Crippen LogP contribution is -2.19. The highest BCUT2D eigenvalue weighted by molar-refractivity contribution is 5.65. The molecule has 0 amide bonds. The Hall–Kier alpha value is -1.55. The molecule has 0 bridgehead atoms. The molecule has 2 aromatic heterocycles. The van der Waals surface area contributed by atoms with Gasteiger partial charge in [-0.2, -0.15) is 0 Å². The minimum Gasteiger partial charge on any atom is -0.396 e. The Morgan fingerprint density at radius 1 is 1.47 bits per heavy atom. The van der Waals surface area contributed by atoms with E-state index in [1.807, 2.05) is 23.6 Å². The fraction of sp³-hybridized carbons (Fsp3) is 0.364. The SMILES string of the molecule is Cc1nc2c(N)cccn2c1C(C)(C)O. The van der Waals surface area contributed by atoms with Gasteiger partial charge in [-0.15, -0.1) is 0 Å². The van der Waals surface area contributed by atoms with Crippen LogP contribution in [0.2, 0.25) is 0 Å². The van der Waals surface area contributed by atoms with Gasteiger partial charge < -0.3 is 10.8 Å². The molecule has 15 heavy (non-hydrogen) atoms. The summed E-state index contributed by atoms with van der Waals surface area (Å²) in [6.07, 6.45) is 1.86. The molecule has 0 saturated carbocycles. The molecule has 0 aromatic carbocycles. The Morgan fingerprint density at radius 3 is 2.73 bits per heavy atom. The first-order valence-corrected chi connectivity index (χ1v) is 4.87. The molecule has 3 N–H and O–H groups in total. The Labute approximate surface area is 88.4 Å². The second-order valence-corrected chi connectivity index (χ2v) is 4.26. The molecule has 4 heteroatoms. The van der Waals surface area contributed by atoms with Crippen molar-refractivity contribution in [2.75, 3.05) is 5.73 Å². The number of fused-ring (bicyclic) bond motifs is 1. The number of rotatable bonds is 1. The van der Waals surface area contributed by atoms with Gasteiger partial charge in [-0.3, -0.25) is 4.40 Å². The molecule has 2 heterocycles. The van der Waals surface area contributed by atoms with Crippen LogP contribution in [-0.4, -0.2) is 14.5 Å². The van der Waals surface area contributed by atoms with E-state index in [1.165, 1.54) is 0 Å². The van der Waals surface area contributed by atoms with Crippen LogP contribution in [0.15, 0.2) is 18.3 Å². The van der Waals surface area contributed by atoms with Crippen molar-refractivity contribution in [3.05, 3.63) is 29.7 Å². The Bertz CT molecular complexity index is 508. The van der Waals surface area contributed by atoms with Gasteiger partial charge >= 0.3 is 0 Å². The zero-order valence-corrected chi connectivity index (χ0v) is 9.15. The summed E-state index contributed by atoms with van der Waals surface area (Å²) in [6, 6.07) is 3.65. The van der Waals surface area contributed by atoms with E-state index < -0.39 is 5.60 Å². The second-order valence-electron chi connectivity index (χ2n) is 4.26. The van der Waals surface area contributed by atoms with Crippen LogP contribution in [0.1, 0.15) is 25.2 Å². The smallest absolute Gasteiger partial charge is 0.160 e. The summed E-state index contributed by atoms with van der Waals surface area (Å²) < 4.78 is 1.84. The van der Waals surface area contributed by atoms with Crippen molar-refractivity contribution in [1.82, 2.24) is 9.38 Å². The maximum atomic E-state index is 10.0. The Kier molecular flexibility index (Phi) is 1.98. The number of pyridine rings is 1. The number of hydrogen-bond donors (Lipinski definition) is 2. The van der Waals surface area contributed by atoms with E-state index in [0.29, 0.717) is 11.3 Å². The first-order valence-electron chi connectivity index (χ1n) is 4.87. The molecule has 0 atom stereocenters. The maximum absolute atomic E-state index is 10.0. The van der Waals surface area contributed by atoms with Crippen LogP contribution in [0, 0.1) is 6.92 Å². The van der Waals surface area contributed by atoms with Gasteiger partial charge in [-0.1, -0.05) is 0 Å². The molecule has 0 unspecified atom stereocenters. The molecular formula is C11H15N3O. The van der Waals surface area contributed by atoms with E-state index in [4.69, 9.17) is 5.73 Å². The molecule has 2 aromatic rings. The van der Waals surface area contributed by atoms with Gasteiger partial charge in [0, 0.05) is 6.20 Å². The minimum atomic E-state index is -0.919. The molecule has 0 spiro atoms. The molecule has 0 saturated heterocycles. The third kappa shape index (κ3) is 1.47. The van der Waals surface area contributed by atoms with Crippen LogP contribution in [0.25, 0.3) is 5.65 Å². The first kappa shape index (κ1) is 9.98. The van der Waals surface area contributed by atoms with E-state index in [9.17, 15) is 5.11 Å². The first-order chi connectivity index (χ1) is 6.91. The molecule has 0 fully saturated rings. The van der Waals surface area contributed by atoms with Crippen LogP contribution in [-0.2, 0) is 5.60 Å². The highest BCUT2D eigenvalue weighted by Crippen LogP contribution is 2.26. The van der Waals surface area contributed by atoms with E-state index in [2.05, 4.69) is 4.98 Å². The van der Waals surface area contributed by atoms with Gasteiger partial charge in [0.2, 0.25) is 0 Å². The Morgan fingerprint density at radius 2 is 2.13 bits per heavy atom. The molecular weight excluding hydrogens is 190 g/mol. The lowest BCUT2D eigenvalue weighted by atomic mass is 10.0. The van der Waals surface area contributed by atoms with Crippen molar-refractivity contribution in [1.29, 1.82) is 0 Å². The van der Waals surface area contributed by atoms with Gasteiger partial charge in [0.15, 0.2) is 5.65 Å². The predicted octanol–water partition coefficient (Wildman–Crippen LogP) is 1.45. The number of aryl methyl sites for hydroxylation is 1. The van der Waals surface area contributed by atoms with Crippen LogP contribution in [0.4, 0.5) is 5.69 Å². The summed E-state index contributed by atoms with van der Waals surface area (Å²) in [6.45, 7) is 5.36. The number of nitrogens with zero attached hydrogens (tertiary/aromatic N) is 2. The van der Waals surface area contributed by atoms with Crippen LogP contribution in [0.5, 0.6) is 0 Å². The van der Waals surface area contributed by atoms with Crippen molar-refractivity contribution < 1.29 is 5.11 Å². The number of nitrogens with two attached hydrogens (primary N) is 1. The normalized spacial score (nSPS) is 12.3. The van der Waals surface area contributed by atoms with Crippen molar-refractivity contribution in [2.24, 2.45) is 0 Å². The lowest BCUT2D eigenvalue weighted by molar-refractivity contribution is 0.0722. The summed E-state index contributed by atoms with van der Waals surface area (Å²) in [5.74, 6) is 0. The Balaban J connectivity index is 2.86. The van der Waals surface area contributed by atoms with Crippen molar-refractivity contribution in [3.63, 3.8) is 0 Å². The maximum Gasteiger partial charge on any atom is 0.160 e. The van der Waals surface area contributed by atoms with Gasteiger partial charge in [0.1, 0.15) is 5.60 Å². The summed E-state index contributed by atoms with van der Waals surface area (Å²) >= 11 is 0. The minimum absolute atomic E-state index is 0.621. The van der Waals surface area contributed by atoms with E-state index in [0.717, 1.165) is 11.4 Å². The lowest BCUT2D eigenvalue weighted by Gasteiger charge is -2.18. The highest BCUT2D eigenvalue weighted by atomic mass is 16.3. The molecule has 0 radical (unpaired) electrons. The number of anilines is 1. The topological polar surface area (TPSA) is 63.5 Å². The zero-order chi connectivity index (χ0) is 11.2. The van der Waals surface area contributed by atoms with E-state index in [-0.39, 0.29) is 0 Å². The van der Waals surface area contributed by atoms with Crippen LogP contribution < -0.4 is 5.73 Å². The average molecular weight is 205 g/mol. The average Bonchev–Trinajstić information content (AvgIpc) is 2.41. The predicted molar refractivity (Wildman–Crippen MR) is 59.6 cm³/mol. The van der Waals surface area contributed by atoms with Crippen molar-refractivity contribution >= 4 is 11.3 Å². The molecule has 0 aliphatic heterocycles. The second kappa shape index (κ2) is 2.97. The summed E-state index contributed by atoms with van der Waals surface area (Å²) in [4.78, 5) is 4.36. The number of aromatic nitrogens is 2. The third-order valence-corrected chi connectivity index (χ3v) is 2.43. The van der Waals surface area contributed by atoms with Gasteiger partial charge in [-0.25, -0.2) is 4.98 Å². The number of aliphatic hydroxyl groups is 1. The van der Waals surface area contributed by atoms with Gasteiger partial charge in [0.05, 0.1) is 17.1 Å². The van der Waals surface area contributed by atoms with E-state index >= 15 is 0 Å². The molecule has 2 rings (SSSR count). The van der Waals surface area contributed by atoms with Crippen LogP contribution in [0.3, 0.4) is 0 Å². The zero-order valence-electron chi connectivity index (χ0n) is 9.15. The standard InChI is InChI=1S/C11H15N3O/c1-7-9(11(2,3)15)14-6-4-5-8(12)10(14)13-7/h4-6,15H,12H2,1-3H3. The number of nitrogen functional groups attached to an aromatic ring is 1. The summed E-state index contributed by atoms with van der Waals surface area (Å²) in [7, 11) is 0. The quantitative estimate of drug-likeness (QED) is 0.740. The van der Waals surface area contributed by atoms with Crippen molar-refractivity contribution in [2.45, 2.75) is 26.4 Å². The van der Waals surface area contributed by atoms with Gasteiger partial charge in [0.25, 0.3) is 0 Å². The van der Waals surface area contributed by atoms with Crippen LogP contribution >= 0.6 is 0 Å². The number of imidazole rings is 1. The highest BCUT2D eigenvalue weighted by Gasteiger charge is 2.24. The molecule has 4 nitrogen and oxygen atoms in total. The monoisotopic (exact) mass is 205 g/mol. The third-order valence-electron chi connectivity index (χ3n) is 2.43. The summed E-state index contributed by atoms with van der Waals surface area (Å²) in [5, 5.41) is 10.0. The molecule has 0 aliphatic carbocycles. The fourth-order valence-corrected chi connectivity index (χ4v) is 1.94. The number of hydrogen-bond acceptors (Lipinski definition) is 3. The summed E-state index contributed by atoms with van der Waals surface area (Å²) in [5.41, 5.74) is 7.81. The molecule has 0 aliphatic rings. The fourth-order valence-electron chi connectivity index (χ4n) is 1.94. The van der Waals surface area contributed by atoms with Crippen molar-refractivity contribution in [3.8, 4) is 0 Å². The molecule has 80 valence electrons. The van der Waals surface area contributed by atoms with E-state index in [1.54, 1.807) is 19.9 Å². The largest absolute Gasteiger partial charge is 0.396 e.